The molecule has 0 aliphatic heterocycles. The first-order valence-corrected chi connectivity index (χ1v) is 7.18. The van der Waals surface area contributed by atoms with Crippen LogP contribution in [0, 0.1) is 0 Å². The molecule has 1 unspecified atom stereocenters. The number of nitrogens with zero attached hydrogens (tertiary/aromatic N) is 1. The van der Waals surface area contributed by atoms with Crippen LogP contribution in [0.1, 0.15) is 33.3 Å². The molecule has 2 rings (SSSR count). The predicted molar refractivity (Wildman–Crippen MR) is 83.4 cm³/mol. The number of hydrogen-bond acceptors (Lipinski definition) is 3. The van der Waals surface area contributed by atoms with E-state index in [0.717, 1.165) is 17.4 Å². The quantitative estimate of drug-likeness (QED) is 0.849. The minimum absolute atomic E-state index is 0.0594. The van der Waals surface area contributed by atoms with E-state index in [4.69, 9.17) is 9.15 Å². The van der Waals surface area contributed by atoms with Gasteiger partial charge in [0.1, 0.15) is 11.2 Å². The van der Waals surface area contributed by atoms with E-state index < -0.39 is 5.60 Å². The smallest absolute Gasteiger partial charge is 0.410 e. The van der Waals surface area contributed by atoms with Crippen molar-refractivity contribution in [3.05, 3.63) is 36.1 Å². The highest BCUT2D eigenvalue weighted by molar-refractivity contribution is 5.77. The van der Waals surface area contributed by atoms with Crippen LogP contribution in [0.2, 0.25) is 0 Å². The van der Waals surface area contributed by atoms with Gasteiger partial charge in [0.2, 0.25) is 0 Å². The highest BCUT2D eigenvalue weighted by Gasteiger charge is 2.23. The van der Waals surface area contributed by atoms with Crippen molar-refractivity contribution < 1.29 is 13.9 Å². The minimum Gasteiger partial charge on any atom is -0.464 e. The molecule has 4 heteroatoms. The third-order valence-electron chi connectivity index (χ3n) is 3.39. The minimum atomic E-state index is -0.471. The van der Waals surface area contributed by atoms with Gasteiger partial charge < -0.3 is 14.1 Å². The zero-order valence-corrected chi connectivity index (χ0v) is 13.3. The van der Waals surface area contributed by atoms with Gasteiger partial charge in [-0.15, -0.1) is 0 Å². The Balaban J connectivity index is 2.02. The van der Waals surface area contributed by atoms with Crippen LogP contribution in [-0.4, -0.2) is 29.7 Å². The third-order valence-corrected chi connectivity index (χ3v) is 3.39. The van der Waals surface area contributed by atoms with Crippen molar-refractivity contribution in [1.82, 2.24) is 4.90 Å². The van der Waals surface area contributed by atoms with Gasteiger partial charge in [-0.2, -0.15) is 0 Å². The molecule has 21 heavy (non-hydrogen) atoms. The van der Waals surface area contributed by atoms with E-state index in [1.165, 1.54) is 5.56 Å². The normalized spacial score (nSPS) is 13.2. The number of benzene rings is 1. The molecule has 0 saturated carbocycles. The Bertz CT molecular complexity index is 624. The fourth-order valence-corrected chi connectivity index (χ4v) is 2.14. The first-order chi connectivity index (χ1) is 9.76. The molecule has 4 nitrogen and oxygen atoms in total. The number of ether oxygens (including phenoxy) is 1. The fourth-order valence-electron chi connectivity index (χ4n) is 2.14. The maximum Gasteiger partial charge on any atom is 0.410 e. The molecule has 0 saturated heterocycles. The van der Waals surface area contributed by atoms with Crippen LogP contribution >= 0.6 is 0 Å². The van der Waals surface area contributed by atoms with Crippen molar-refractivity contribution in [3.8, 4) is 0 Å². The summed E-state index contributed by atoms with van der Waals surface area (Å²) in [4.78, 5) is 13.7. The number of amides is 1. The van der Waals surface area contributed by atoms with Gasteiger partial charge in [-0.3, -0.25) is 0 Å². The number of carbonyl (C=O) groups excluding carboxylic acids is 1. The molecule has 1 atom stereocenters. The lowest BCUT2D eigenvalue weighted by Gasteiger charge is -2.28. The monoisotopic (exact) mass is 289 g/mol. The van der Waals surface area contributed by atoms with Gasteiger partial charge in [0.05, 0.1) is 6.26 Å². The topological polar surface area (TPSA) is 42.7 Å². The summed E-state index contributed by atoms with van der Waals surface area (Å²) in [5, 5.41) is 1.08. The summed E-state index contributed by atoms with van der Waals surface area (Å²) in [7, 11) is 1.77. The zero-order chi connectivity index (χ0) is 15.6. The van der Waals surface area contributed by atoms with Crippen molar-refractivity contribution in [3.63, 3.8) is 0 Å². The van der Waals surface area contributed by atoms with E-state index in [1.54, 1.807) is 18.2 Å². The molecule has 0 aliphatic carbocycles. The molecule has 0 aliphatic rings. The number of furan rings is 1. The largest absolute Gasteiger partial charge is 0.464 e. The van der Waals surface area contributed by atoms with Crippen LogP contribution in [0.15, 0.2) is 34.9 Å². The molecule has 114 valence electrons. The van der Waals surface area contributed by atoms with Crippen LogP contribution in [-0.2, 0) is 11.2 Å². The predicted octanol–water partition coefficient (Wildman–Crippen LogP) is 4.23. The van der Waals surface area contributed by atoms with Gasteiger partial charge in [0.25, 0.3) is 0 Å². The second-order valence-corrected chi connectivity index (χ2v) is 6.44. The lowest BCUT2D eigenvalue weighted by molar-refractivity contribution is 0.0236. The van der Waals surface area contributed by atoms with Gasteiger partial charge in [-0.1, -0.05) is 6.07 Å². The summed E-state index contributed by atoms with van der Waals surface area (Å²) in [6.07, 6.45) is 2.17. The second kappa shape index (κ2) is 5.80. The summed E-state index contributed by atoms with van der Waals surface area (Å²) < 4.78 is 10.7. The van der Waals surface area contributed by atoms with E-state index >= 15 is 0 Å². The van der Waals surface area contributed by atoms with E-state index in [2.05, 4.69) is 6.07 Å². The Hall–Kier alpha value is -1.97. The lowest BCUT2D eigenvalue weighted by Crippen LogP contribution is -2.40. The lowest BCUT2D eigenvalue weighted by atomic mass is 10.0. The first kappa shape index (κ1) is 15.4. The summed E-state index contributed by atoms with van der Waals surface area (Å²) in [6.45, 7) is 7.63. The van der Waals surface area contributed by atoms with Gasteiger partial charge in [-0.05, 0) is 57.9 Å². The van der Waals surface area contributed by atoms with Gasteiger partial charge in [0.15, 0.2) is 0 Å². The Kier molecular flexibility index (Phi) is 4.26. The molecule has 0 radical (unpaired) electrons. The number of likely N-dealkylation sites (N-methyl/N-ethyl adjacent to an activating group) is 1. The number of carbonyl (C=O) groups is 1. The Morgan fingerprint density at radius 3 is 2.71 bits per heavy atom. The molecule has 1 amide bonds. The molecule has 1 aromatic carbocycles. The van der Waals surface area contributed by atoms with E-state index in [-0.39, 0.29) is 12.1 Å². The highest BCUT2D eigenvalue weighted by atomic mass is 16.6. The maximum atomic E-state index is 12.1. The van der Waals surface area contributed by atoms with Crippen LogP contribution in [0.3, 0.4) is 0 Å². The number of fused-ring (bicyclic) bond motifs is 1. The van der Waals surface area contributed by atoms with Crippen molar-refractivity contribution in [2.45, 2.75) is 45.8 Å². The average Bonchev–Trinajstić information content (AvgIpc) is 2.83. The Morgan fingerprint density at radius 1 is 1.33 bits per heavy atom. The fraction of sp³-hybridized carbons (Fsp3) is 0.471. The molecule has 2 aromatic rings. The third kappa shape index (κ3) is 4.00. The van der Waals surface area contributed by atoms with Crippen LogP contribution in [0.25, 0.3) is 11.0 Å². The second-order valence-electron chi connectivity index (χ2n) is 6.44. The molecular formula is C17H23NO3. The molecule has 1 heterocycles. The molecule has 0 bridgehead atoms. The molecule has 0 N–H and O–H groups in total. The van der Waals surface area contributed by atoms with Gasteiger partial charge in [0, 0.05) is 18.5 Å². The molecule has 0 fully saturated rings. The Morgan fingerprint density at radius 2 is 2.05 bits per heavy atom. The van der Waals surface area contributed by atoms with Gasteiger partial charge in [-0.25, -0.2) is 4.79 Å². The Labute approximate surface area is 125 Å². The average molecular weight is 289 g/mol. The number of hydrogen-bond donors (Lipinski definition) is 0. The first-order valence-electron chi connectivity index (χ1n) is 7.18. The molecular weight excluding hydrogens is 266 g/mol. The van der Waals surface area contributed by atoms with Crippen molar-refractivity contribution in [2.75, 3.05) is 7.05 Å². The summed E-state index contributed by atoms with van der Waals surface area (Å²) in [5.41, 5.74) is 1.58. The maximum absolute atomic E-state index is 12.1. The van der Waals surface area contributed by atoms with Gasteiger partial charge >= 0.3 is 6.09 Å². The highest BCUT2D eigenvalue weighted by Crippen LogP contribution is 2.19. The molecule has 0 spiro atoms. The van der Waals surface area contributed by atoms with E-state index in [0.29, 0.717) is 0 Å². The van der Waals surface area contributed by atoms with Crippen molar-refractivity contribution in [1.29, 1.82) is 0 Å². The summed E-state index contributed by atoms with van der Waals surface area (Å²) in [5.74, 6) is 0. The van der Waals surface area contributed by atoms with Crippen LogP contribution < -0.4 is 0 Å². The van der Waals surface area contributed by atoms with Crippen LogP contribution in [0.4, 0.5) is 4.79 Å². The van der Waals surface area contributed by atoms with Crippen LogP contribution in [0.5, 0.6) is 0 Å². The van der Waals surface area contributed by atoms with Crippen molar-refractivity contribution in [2.24, 2.45) is 0 Å². The summed E-state index contributed by atoms with van der Waals surface area (Å²) in [6, 6.07) is 8.10. The molecule has 1 aromatic heterocycles. The van der Waals surface area contributed by atoms with Crippen molar-refractivity contribution >= 4 is 17.1 Å². The summed E-state index contributed by atoms with van der Waals surface area (Å²) >= 11 is 0. The van der Waals surface area contributed by atoms with E-state index in [9.17, 15) is 4.79 Å². The standard InChI is InChI=1S/C17H23NO3/c1-12(18(5)16(19)21-17(2,3)4)10-13-6-7-15-14(11-13)8-9-20-15/h6-9,11-12H,10H2,1-5H3. The zero-order valence-electron chi connectivity index (χ0n) is 13.3. The SMILES string of the molecule is CC(Cc1ccc2occc2c1)N(C)C(=O)OC(C)(C)C. The number of rotatable bonds is 3. The van der Waals surface area contributed by atoms with E-state index in [1.807, 2.05) is 45.9 Å².